The van der Waals surface area contributed by atoms with E-state index in [2.05, 4.69) is 26.0 Å². The molecule has 0 aromatic carbocycles. The summed E-state index contributed by atoms with van der Waals surface area (Å²) in [4.78, 5) is 3.82. The van der Waals surface area contributed by atoms with Gasteiger partial charge in [-0.2, -0.15) is 5.10 Å². The van der Waals surface area contributed by atoms with Crippen molar-refractivity contribution in [2.24, 2.45) is 0 Å². The maximum atomic E-state index is 4.80. The topological polar surface area (TPSA) is 39.9 Å². The molecule has 0 aliphatic carbocycles. The summed E-state index contributed by atoms with van der Waals surface area (Å²) >= 11 is 3.18. The fourth-order valence-corrected chi connectivity index (χ4v) is 0.744. The van der Waals surface area contributed by atoms with Crippen molar-refractivity contribution in [1.82, 2.24) is 14.8 Å². The monoisotopic (exact) mass is 191 g/mol. The Bertz CT molecular complexity index is 188. The van der Waals surface area contributed by atoms with Crippen LogP contribution in [0.2, 0.25) is 0 Å². The predicted octanol–water partition coefficient (Wildman–Crippen LogP) is 0.644. The summed E-state index contributed by atoms with van der Waals surface area (Å²) in [6.45, 7) is 0.431. The lowest BCUT2D eigenvalue weighted by Gasteiger charge is -1.96. The largest absolute Gasteiger partial charge is 0.362 e. The normalized spacial score (nSPS) is 10.0. The van der Waals surface area contributed by atoms with Gasteiger partial charge < -0.3 is 4.74 Å². The number of ether oxygens (including phenoxy) is 1. The first-order chi connectivity index (χ1) is 4.34. The van der Waals surface area contributed by atoms with Crippen LogP contribution in [0.4, 0.5) is 0 Å². The minimum Gasteiger partial charge on any atom is -0.362 e. The standard InChI is InChI=1S/C4H6BrN3O/c1-9-3-8-4(5)6-2-7-8/h2H,3H2,1H3. The second-order valence-corrected chi connectivity index (χ2v) is 2.16. The number of hydrogen-bond acceptors (Lipinski definition) is 3. The first-order valence-electron chi connectivity index (χ1n) is 2.37. The van der Waals surface area contributed by atoms with Crippen LogP contribution in [0.25, 0.3) is 0 Å². The highest BCUT2D eigenvalue weighted by atomic mass is 79.9. The maximum absolute atomic E-state index is 4.80. The van der Waals surface area contributed by atoms with Gasteiger partial charge in [0, 0.05) is 7.11 Å². The molecule has 0 saturated heterocycles. The van der Waals surface area contributed by atoms with E-state index in [0.717, 1.165) is 0 Å². The molecule has 0 bridgehead atoms. The van der Waals surface area contributed by atoms with Crippen LogP contribution in [0.5, 0.6) is 0 Å². The van der Waals surface area contributed by atoms with Crippen molar-refractivity contribution in [2.45, 2.75) is 6.73 Å². The van der Waals surface area contributed by atoms with Crippen LogP contribution < -0.4 is 0 Å². The number of aromatic nitrogens is 3. The quantitative estimate of drug-likeness (QED) is 0.690. The van der Waals surface area contributed by atoms with Crippen molar-refractivity contribution in [3.63, 3.8) is 0 Å². The molecule has 1 aromatic heterocycles. The number of halogens is 1. The fraction of sp³-hybridized carbons (Fsp3) is 0.500. The summed E-state index contributed by atoms with van der Waals surface area (Å²) in [6, 6.07) is 0. The molecule has 50 valence electrons. The molecule has 4 nitrogen and oxygen atoms in total. The van der Waals surface area contributed by atoms with Crippen LogP contribution in [0.15, 0.2) is 11.1 Å². The first kappa shape index (κ1) is 6.70. The number of methoxy groups -OCH3 is 1. The second kappa shape index (κ2) is 2.93. The van der Waals surface area contributed by atoms with Gasteiger partial charge in [-0.05, 0) is 15.9 Å². The molecule has 0 amide bonds. The van der Waals surface area contributed by atoms with E-state index in [1.807, 2.05) is 0 Å². The summed E-state index contributed by atoms with van der Waals surface area (Å²) < 4.78 is 7.08. The first-order valence-corrected chi connectivity index (χ1v) is 3.16. The Morgan fingerprint density at radius 2 is 2.67 bits per heavy atom. The Morgan fingerprint density at radius 3 is 3.11 bits per heavy atom. The summed E-state index contributed by atoms with van der Waals surface area (Å²) in [5.74, 6) is 0. The van der Waals surface area contributed by atoms with E-state index in [0.29, 0.717) is 11.5 Å². The molecule has 9 heavy (non-hydrogen) atoms. The minimum absolute atomic E-state index is 0.431. The van der Waals surface area contributed by atoms with Crippen molar-refractivity contribution < 1.29 is 4.74 Å². The summed E-state index contributed by atoms with van der Waals surface area (Å²) in [5.41, 5.74) is 0. The predicted molar refractivity (Wildman–Crippen MR) is 34.7 cm³/mol. The molecule has 0 radical (unpaired) electrons. The Balaban J connectivity index is 2.69. The van der Waals surface area contributed by atoms with Gasteiger partial charge in [0.15, 0.2) is 4.73 Å². The smallest absolute Gasteiger partial charge is 0.197 e. The van der Waals surface area contributed by atoms with E-state index in [1.54, 1.807) is 11.8 Å². The van der Waals surface area contributed by atoms with Crippen LogP contribution >= 0.6 is 15.9 Å². The Morgan fingerprint density at radius 1 is 1.89 bits per heavy atom. The van der Waals surface area contributed by atoms with E-state index in [-0.39, 0.29) is 0 Å². The Kier molecular flexibility index (Phi) is 2.18. The highest BCUT2D eigenvalue weighted by Crippen LogP contribution is 2.01. The van der Waals surface area contributed by atoms with Crippen molar-refractivity contribution in [1.29, 1.82) is 0 Å². The van der Waals surface area contributed by atoms with E-state index in [4.69, 9.17) is 4.74 Å². The van der Waals surface area contributed by atoms with Gasteiger partial charge in [-0.15, -0.1) is 0 Å². The van der Waals surface area contributed by atoms with Gasteiger partial charge in [0.25, 0.3) is 0 Å². The van der Waals surface area contributed by atoms with Gasteiger partial charge >= 0.3 is 0 Å². The summed E-state index contributed by atoms with van der Waals surface area (Å²) in [6.07, 6.45) is 1.46. The van der Waals surface area contributed by atoms with Crippen molar-refractivity contribution in [3.05, 3.63) is 11.1 Å². The third kappa shape index (κ3) is 1.49. The van der Waals surface area contributed by atoms with Crippen molar-refractivity contribution >= 4 is 15.9 Å². The third-order valence-corrected chi connectivity index (χ3v) is 1.43. The zero-order valence-corrected chi connectivity index (χ0v) is 6.50. The van der Waals surface area contributed by atoms with Gasteiger partial charge in [0.2, 0.25) is 0 Å². The molecule has 0 saturated carbocycles. The Labute approximate surface area is 61.0 Å². The lowest BCUT2D eigenvalue weighted by atomic mass is 11.1. The third-order valence-electron chi connectivity index (χ3n) is 0.820. The molecule has 0 unspecified atom stereocenters. The fourth-order valence-electron chi connectivity index (χ4n) is 0.459. The molecular weight excluding hydrogens is 186 g/mol. The summed E-state index contributed by atoms with van der Waals surface area (Å²) in [5, 5.41) is 3.84. The lowest BCUT2D eigenvalue weighted by Crippen LogP contribution is -2.01. The van der Waals surface area contributed by atoms with Crippen molar-refractivity contribution in [3.8, 4) is 0 Å². The molecule has 1 heterocycles. The summed E-state index contributed by atoms with van der Waals surface area (Å²) in [7, 11) is 1.61. The van der Waals surface area contributed by atoms with Crippen LogP contribution in [0.1, 0.15) is 0 Å². The molecule has 0 N–H and O–H groups in total. The average Bonchev–Trinajstić information content (AvgIpc) is 2.18. The maximum Gasteiger partial charge on any atom is 0.197 e. The molecule has 0 aliphatic rings. The Hall–Kier alpha value is -0.420. The van der Waals surface area contributed by atoms with Crippen LogP contribution in [-0.2, 0) is 11.5 Å². The SMILES string of the molecule is COCn1ncnc1Br. The molecule has 0 fully saturated rings. The number of nitrogens with zero attached hydrogens (tertiary/aromatic N) is 3. The van der Waals surface area contributed by atoms with Crippen molar-refractivity contribution in [2.75, 3.05) is 7.11 Å². The van der Waals surface area contributed by atoms with Crippen LogP contribution in [0.3, 0.4) is 0 Å². The van der Waals surface area contributed by atoms with E-state index < -0.39 is 0 Å². The van der Waals surface area contributed by atoms with Gasteiger partial charge in [0.05, 0.1) is 0 Å². The minimum atomic E-state index is 0.431. The van der Waals surface area contributed by atoms with Gasteiger partial charge in [-0.3, -0.25) is 0 Å². The molecule has 0 spiro atoms. The zero-order chi connectivity index (χ0) is 6.69. The zero-order valence-electron chi connectivity index (χ0n) is 4.91. The van der Waals surface area contributed by atoms with E-state index in [9.17, 15) is 0 Å². The molecule has 0 atom stereocenters. The molecule has 0 aliphatic heterocycles. The second-order valence-electron chi connectivity index (χ2n) is 1.45. The van der Waals surface area contributed by atoms with Gasteiger partial charge in [-0.1, -0.05) is 0 Å². The molecule has 5 heteroatoms. The van der Waals surface area contributed by atoms with Crippen LogP contribution in [0, 0.1) is 0 Å². The highest BCUT2D eigenvalue weighted by molar-refractivity contribution is 9.10. The van der Waals surface area contributed by atoms with Gasteiger partial charge in [-0.25, -0.2) is 9.67 Å². The number of rotatable bonds is 2. The average molecular weight is 192 g/mol. The van der Waals surface area contributed by atoms with Gasteiger partial charge in [0.1, 0.15) is 13.1 Å². The van der Waals surface area contributed by atoms with E-state index >= 15 is 0 Å². The van der Waals surface area contributed by atoms with E-state index in [1.165, 1.54) is 6.33 Å². The number of hydrogen-bond donors (Lipinski definition) is 0. The molecule has 1 rings (SSSR count). The highest BCUT2D eigenvalue weighted by Gasteiger charge is 1.95. The molecular formula is C4H6BrN3O. The molecule has 1 aromatic rings. The lowest BCUT2D eigenvalue weighted by molar-refractivity contribution is 0.118. The van der Waals surface area contributed by atoms with Crippen LogP contribution in [-0.4, -0.2) is 21.9 Å².